The van der Waals surface area contributed by atoms with Crippen LogP contribution in [0.5, 0.6) is 0 Å². The van der Waals surface area contributed by atoms with Gasteiger partial charge in [-0.15, -0.1) is 0 Å². The van der Waals surface area contributed by atoms with Gasteiger partial charge in [0.25, 0.3) is 0 Å². The Labute approximate surface area is 77.0 Å². The van der Waals surface area contributed by atoms with Gasteiger partial charge < -0.3 is 10.4 Å². The van der Waals surface area contributed by atoms with Crippen molar-refractivity contribution in [2.45, 2.75) is 12.8 Å². The smallest absolute Gasteiger partial charge is 0.870 e. The van der Waals surface area contributed by atoms with E-state index in [-0.39, 0.29) is 35.0 Å². The zero-order valence-electron chi connectivity index (χ0n) is 5.92. The minimum Gasteiger partial charge on any atom is -0.870 e. The van der Waals surface area contributed by atoms with Gasteiger partial charge in [0.15, 0.2) is 0 Å². The van der Waals surface area contributed by atoms with Crippen LogP contribution < -0.4 is 29.6 Å². The van der Waals surface area contributed by atoms with E-state index >= 15 is 0 Å². The molecule has 1 heterocycles. The van der Waals surface area contributed by atoms with Gasteiger partial charge in [-0.3, -0.25) is 4.79 Å². The molecule has 0 bridgehead atoms. The van der Waals surface area contributed by atoms with Crippen LogP contribution in [0, 0.1) is 0 Å². The van der Waals surface area contributed by atoms with Crippen LogP contribution in [0.3, 0.4) is 0 Å². The number of hydrogen-bond donors (Lipinski definition) is 0. The number of likely N-dealkylation sites (tertiary alicyclic amines) is 1. The summed E-state index contributed by atoms with van der Waals surface area (Å²) in [6, 6.07) is 0. The van der Waals surface area contributed by atoms with E-state index in [2.05, 4.69) is 0 Å². The fourth-order valence-corrected chi connectivity index (χ4v) is 0.783. The Hall–Kier alpha value is 0.430. The molecule has 0 aromatic carbocycles. The summed E-state index contributed by atoms with van der Waals surface area (Å²) >= 11 is 0. The third kappa shape index (κ3) is 3.20. The van der Waals surface area contributed by atoms with Crippen LogP contribution in [0.4, 0.5) is 0 Å². The van der Waals surface area contributed by atoms with Crippen LogP contribution in [0.2, 0.25) is 0 Å². The molecule has 1 aliphatic rings. The van der Waals surface area contributed by atoms with Gasteiger partial charge in [-0.2, -0.15) is 0 Å². The second-order valence-corrected chi connectivity index (χ2v) is 1.92. The molecule has 3 nitrogen and oxygen atoms in total. The summed E-state index contributed by atoms with van der Waals surface area (Å²) in [4.78, 5) is 12.3. The molecule has 0 aromatic rings. The van der Waals surface area contributed by atoms with Gasteiger partial charge in [0.1, 0.15) is 0 Å². The standard InChI is InChI=1S/C5H9NO.Na.H2O/c1-6-4-2-3-5(6)7;;/h2-4H2,1H3;;1H2/q;+1;/p-1. The average molecular weight is 139 g/mol. The Bertz CT molecular complexity index is 97.0. The summed E-state index contributed by atoms with van der Waals surface area (Å²) < 4.78 is 0. The van der Waals surface area contributed by atoms with Crippen molar-refractivity contribution in [3.8, 4) is 0 Å². The van der Waals surface area contributed by atoms with Crippen LogP contribution in [0.25, 0.3) is 0 Å². The quantitative estimate of drug-likeness (QED) is 0.337. The summed E-state index contributed by atoms with van der Waals surface area (Å²) in [5.74, 6) is 0.292. The first kappa shape index (κ1) is 12.1. The Balaban J connectivity index is 0. The topological polar surface area (TPSA) is 50.3 Å². The van der Waals surface area contributed by atoms with Gasteiger partial charge in [-0.25, -0.2) is 0 Å². The molecule has 1 N–H and O–H groups in total. The summed E-state index contributed by atoms with van der Waals surface area (Å²) in [6.45, 7) is 0.957. The molecule has 1 aliphatic heterocycles. The Morgan fingerprint density at radius 2 is 2.11 bits per heavy atom. The van der Waals surface area contributed by atoms with E-state index in [1.54, 1.807) is 4.90 Å². The van der Waals surface area contributed by atoms with E-state index in [0.717, 1.165) is 19.4 Å². The van der Waals surface area contributed by atoms with Crippen molar-refractivity contribution >= 4 is 5.91 Å². The van der Waals surface area contributed by atoms with Gasteiger partial charge in [0, 0.05) is 20.0 Å². The second kappa shape index (κ2) is 5.23. The molecule has 0 spiro atoms. The predicted molar refractivity (Wildman–Crippen MR) is 28.8 cm³/mol. The van der Waals surface area contributed by atoms with E-state index in [4.69, 9.17) is 0 Å². The molecule has 0 saturated carbocycles. The third-order valence-corrected chi connectivity index (χ3v) is 1.31. The molecule has 48 valence electrons. The second-order valence-electron chi connectivity index (χ2n) is 1.92. The Morgan fingerprint density at radius 3 is 2.22 bits per heavy atom. The summed E-state index contributed by atoms with van der Waals surface area (Å²) in [6.07, 6.45) is 1.81. The average Bonchev–Trinajstić information content (AvgIpc) is 1.91. The molecule has 4 heteroatoms. The van der Waals surface area contributed by atoms with Crippen LogP contribution >= 0.6 is 0 Å². The fraction of sp³-hybridized carbons (Fsp3) is 0.800. The van der Waals surface area contributed by atoms with Gasteiger partial charge in [0.05, 0.1) is 0 Å². The fourth-order valence-electron chi connectivity index (χ4n) is 0.783. The van der Waals surface area contributed by atoms with Crippen LogP contribution in [-0.2, 0) is 4.79 Å². The van der Waals surface area contributed by atoms with E-state index in [1.165, 1.54) is 0 Å². The van der Waals surface area contributed by atoms with E-state index < -0.39 is 0 Å². The van der Waals surface area contributed by atoms with E-state index in [9.17, 15) is 4.79 Å². The molecular formula is C5H10NNaO2. The molecule has 0 radical (unpaired) electrons. The van der Waals surface area contributed by atoms with Crippen molar-refractivity contribution in [1.29, 1.82) is 0 Å². The third-order valence-electron chi connectivity index (χ3n) is 1.31. The van der Waals surface area contributed by atoms with Gasteiger partial charge in [-0.05, 0) is 6.42 Å². The van der Waals surface area contributed by atoms with Crippen LogP contribution in [0.1, 0.15) is 12.8 Å². The first-order valence-corrected chi connectivity index (χ1v) is 2.54. The van der Waals surface area contributed by atoms with Crippen molar-refractivity contribution in [3.05, 3.63) is 0 Å². The molecule has 0 atom stereocenters. The zero-order valence-corrected chi connectivity index (χ0v) is 7.92. The minimum absolute atomic E-state index is 0. The molecule has 1 rings (SSSR count). The first-order chi connectivity index (χ1) is 3.30. The van der Waals surface area contributed by atoms with Crippen LogP contribution in [0.15, 0.2) is 0 Å². The van der Waals surface area contributed by atoms with Crippen molar-refractivity contribution in [2.75, 3.05) is 13.6 Å². The predicted octanol–water partition coefficient (Wildman–Crippen LogP) is -2.93. The molecule has 1 saturated heterocycles. The number of carbonyl (C=O) groups excluding carboxylic acids is 1. The van der Waals surface area contributed by atoms with Crippen LogP contribution in [-0.4, -0.2) is 29.9 Å². The maximum absolute atomic E-state index is 10.5. The largest absolute Gasteiger partial charge is 1.00 e. The van der Waals surface area contributed by atoms with E-state index in [0.29, 0.717) is 5.91 Å². The number of rotatable bonds is 0. The maximum atomic E-state index is 10.5. The summed E-state index contributed by atoms with van der Waals surface area (Å²) in [7, 11) is 1.84. The van der Waals surface area contributed by atoms with Crippen molar-refractivity contribution < 1.29 is 39.8 Å². The minimum atomic E-state index is 0. The number of nitrogens with zero attached hydrogens (tertiary/aromatic N) is 1. The molecule has 1 fully saturated rings. The summed E-state index contributed by atoms with van der Waals surface area (Å²) in [5.41, 5.74) is 0. The monoisotopic (exact) mass is 139 g/mol. The first-order valence-electron chi connectivity index (χ1n) is 2.54. The maximum Gasteiger partial charge on any atom is 1.00 e. The van der Waals surface area contributed by atoms with Crippen molar-refractivity contribution in [2.24, 2.45) is 0 Å². The van der Waals surface area contributed by atoms with Gasteiger partial charge in [0.2, 0.25) is 5.91 Å². The molecule has 9 heavy (non-hydrogen) atoms. The van der Waals surface area contributed by atoms with Gasteiger partial charge >= 0.3 is 29.6 Å². The van der Waals surface area contributed by atoms with Crippen molar-refractivity contribution in [1.82, 2.24) is 4.90 Å². The van der Waals surface area contributed by atoms with Crippen molar-refractivity contribution in [3.63, 3.8) is 0 Å². The molecule has 0 aliphatic carbocycles. The number of carbonyl (C=O) groups is 1. The Kier molecular flexibility index (Phi) is 7.06. The normalized spacial score (nSPS) is 16.6. The van der Waals surface area contributed by atoms with Gasteiger partial charge in [-0.1, -0.05) is 0 Å². The molecule has 0 aromatic heterocycles. The summed E-state index contributed by atoms with van der Waals surface area (Å²) in [5, 5.41) is 0. The molecular weight excluding hydrogens is 129 g/mol. The zero-order chi connectivity index (χ0) is 5.28. The number of amides is 1. The Morgan fingerprint density at radius 1 is 1.56 bits per heavy atom. The molecule has 1 amide bonds. The SMILES string of the molecule is CN1CCCC1=O.[Na+].[OH-]. The van der Waals surface area contributed by atoms with E-state index in [1.807, 2.05) is 7.05 Å². The number of hydrogen-bond acceptors (Lipinski definition) is 2. The molecule has 0 unspecified atom stereocenters.